The number of aromatic nitrogens is 3. The third kappa shape index (κ3) is 2.97. The van der Waals surface area contributed by atoms with Crippen LogP contribution in [0.3, 0.4) is 0 Å². The Hall–Kier alpha value is -2.34. The van der Waals surface area contributed by atoms with Crippen LogP contribution in [0.5, 0.6) is 0 Å². The predicted octanol–water partition coefficient (Wildman–Crippen LogP) is 3.01. The van der Waals surface area contributed by atoms with Crippen molar-refractivity contribution in [3.8, 4) is 11.5 Å². The first-order valence-corrected chi connectivity index (χ1v) is 7.02. The Labute approximate surface area is 120 Å². The van der Waals surface area contributed by atoms with Crippen molar-refractivity contribution < 1.29 is 4.52 Å². The highest BCUT2D eigenvalue weighted by molar-refractivity contribution is 7.98. The molecule has 20 heavy (non-hydrogen) atoms. The average molecular weight is 284 g/mol. The lowest BCUT2D eigenvalue weighted by molar-refractivity contribution is 0.425. The summed E-state index contributed by atoms with van der Waals surface area (Å²) in [5.41, 5.74) is 6.41. The number of nitrogen functional groups attached to an aromatic ring is 1. The Morgan fingerprint density at radius 1 is 1.15 bits per heavy atom. The van der Waals surface area contributed by atoms with Gasteiger partial charge in [-0.15, -0.1) is 11.8 Å². The quantitative estimate of drug-likeness (QED) is 0.742. The SMILES string of the molecule is Nc1cc(-c2nc(CSc3ccccc3)no2)ccn1. The van der Waals surface area contributed by atoms with E-state index in [0.29, 0.717) is 23.3 Å². The molecule has 6 heteroatoms. The van der Waals surface area contributed by atoms with Crippen molar-refractivity contribution in [2.75, 3.05) is 5.73 Å². The van der Waals surface area contributed by atoms with Crippen molar-refractivity contribution in [2.24, 2.45) is 0 Å². The highest BCUT2D eigenvalue weighted by Crippen LogP contribution is 2.23. The summed E-state index contributed by atoms with van der Waals surface area (Å²) in [5.74, 6) is 2.21. The Morgan fingerprint density at radius 3 is 2.80 bits per heavy atom. The summed E-state index contributed by atoms with van der Waals surface area (Å²) in [6.45, 7) is 0. The fraction of sp³-hybridized carbons (Fsp3) is 0.0714. The van der Waals surface area contributed by atoms with Gasteiger partial charge in [0.1, 0.15) is 5.82 Å². The normalized spacial score (nSPS) is 10.6. The number of hydrogen-bond donors (Lipinski definition) is 1. The molecule has 0 fully saturated rings. The molecular formula is C14H12N4OS. The van der Waals surface area contributed by atoms with Gasteiger partial charge in [0, 0.05) is 16.7 Å². The molecule has 2 N–H and O–H groups in total. The molecule has 5 nitrogen and oxygen atoms in total. The van der Waals surface area contributed by atoms with Crippen LogP contribution in [-0.2, 0) is 5.75 Å². The van der Waals surface area contributed by atoms with Gasteiger partial charge < -0.3 is 10.3 Å². The minimum absolute atomic E-state index is 0.431. The Kier molecular flexibility index (Phi) is 3.64. The third-order valence-electron chi connectivity index (χ3n) is 2.61. The monoisotopic (exact) mass is 284 g/mol. The van der Waals surface area contributed by atoms with Crippen LogP contribution in [0.1, 0.15) is 5.82 Å². The van der Waals surface area contributed by atoms with Crippen LogP contribution >= 0.6 is 11.8 Å². The van der Waals surface area contributed by atoms with Gasteiger partial charge in [-0.3, -0.25) is 0 Å². The maximum Gasteiger partial charge on any atom is 0.258 e. The van der Waals surface area contributed by atoms with E-state index in [1.807, 2.05) is 18.2 Å². The molecule has 0 saturated carbocycles. The summed E-state index contributed by atoms with van der Waals surface area (Å²) < 4.78 is 5.24. The van der Waals surface area contributed by atoms with Crippen molar-refractivity contribution >= 4 is 17.6 Å². The Balaban J connectivity index is 1.71. The van der Waals surface area contributed by atoms with Gasteiger partial charge >= 0.3 is 0 Å². The summed E-state index contributed by atoms with van der Waals surface area (Å²) in [4.78, 5) is 9.46. The van der Waals surface area contributed by atoms with E-state index in [9.17, 15) is 0 Å². The Morgan fingerprint density at radius 2 is 2.00 bits per heavy atom. The second-order valence-electron chi connectivity index (χ2n) is 4.09. The van der Waals surface area contributed by atoms with E-state index in [1.54, 1.807) is 30.1 Å². The van der Waals surface area contributed by atoms with Crippen molar-refractivity contribution in [3.05, 3.63) is 54.5 Å². The molecule has 0 unspecified atom stereocenters. The molecule has 3 aromatic rings. The number of benzene rings is 1. The number of hydrogen-bond acceptors (Lipinski definition) is 6. The van der Waals surface area contributed by atoms with E-state index in [-0.39, 0.29) is 0 Å². The van der Waals surface area contributed by atoms with E-state index in [2.05, 4.69) is 27.3 Å². The fourth-order valence-corrected chi connectivity index (χ4v) is 2.44. The predicted molar refractivity (Wildman–Crippen MR) is 77.9 cm³/mol. The first-order chi connectivity index (χ1) is 9.81. The van der Waals surface area contributed by atoms with Crippen molar-refractivity contribution in [1.29, 1.82) is 0 Å². The number of rotatable bonds is 4. The minimum atomic E-state index is 0.431. The molecule has 0 aliphatic heterocycles. The van der Waals surface area contributed by atoms with Crippen molar-refractivity contribution in [3.63, 3.8) is 0 Å². The molecule has 0 atom stereocenters. The molecule has 0 amide bonds. The summed E-state index contributed by atoms with van der Waals surface area (Å²) in [7, 11) is 0. The Bertz CT molecular complexity index is 699. The van der Waals surface area contributed by atoms with Gasteiger partial charge in [-0.2, -0.15) is 4.98 Å². The molecule has 0 aliphatic carbocycles. The van der Waals surface area contributed by atoms with Crippen LogP contribution < -0.4 is 5.73 Å². The molecular weight excluding hydrogens is 272 g/mol. The molecule has 3 rings (SSSR count). The lowest BCUT2D eigenvalue weighted by atomic mass is 10.2. The number of anilines is 1. The first kappa shape index (κ1) is 12.7. The molecule has 2 aromatic heterocycles. The molecule has 0 spiro atoms. The van der Waals surface area contributed by atoms with Crippen LogP contribution in [-0.4, -0.2) is 15.1 Å². The van der Waals surface area contributed by atoms with Gasteiger partial charge in [-0.25, -0.2) is 4.98 Å². The van der Waals surface area contributed by atoms with E-state index < -0.39 is 0 Å². The van der Waals surface area contributed by atoms with E-state index >= 15 is 0 Å². The summed E-state index contributed by atoms with van der Waals surface area (Å²) >= 11 is 1.66. The second kappa shape index (κ2) is 5.75. The van der Waals surface area contributed by atoms with E-state index in [1.165, 1.54) is 4.90 Å². The summed E-state index contributed by atoms with van der Waals surface area (Å²) in [6, 6.07) is 13.6. The number of thioether (sulfide) groups is 1. The smallest absolute Gasteiger partial charge is 0.258 e. The molecule has 0 saturated heterocycles. The first-order valence-electron chi connectivity index (χ1n) is 6.03. The third-order valence-corrected chi connectivity index (χ3v) is 3.62. The number of nitrogens with two attached hydrogens (primary N) is 1. The van der Waals surface area contributed by atoms with Crippen molar-refractivity contribution in [1.82, 2.24) is 15.1 Å². The second-order valence-corrected chi connectivity index (χ2v) is 5.14. The number of pyridine rings is 1. The van der Waals surface area contributed by atoms with Gasteiger partial charge in [-0.05, 0) is 24.3 Å². The molecule has 2 heterocycles. The maximum atomic E-state index is 5.63. The lowest BCUT2D eigenvalue weighted by Crippen LogP contribution is -1.89. The van der Waals surface area contributed by atoms with Crippen LogP contribution in [0.2, 0.25) is 0 Å². The zero-order valence-electron chi connectivity index (χ0n) is 10.6. The zero-order valence-corrected chi connectivity index (χ0v) is 11.4. The highest BCUT2D eigenvalue weighted by atomic mass is 32.2. The minimum Gasteiger partial charge on any atom is -0.384 e. The van der Waals surface area contributed by atoms with E-state index in [0.717, 1.165) is 5.56 Å². The van der Waals surface area contributed by atoms with Crippen molar-refractivity contribution in [2.45, 2.75) is 10.6 Å². The lowest BCUT2D eigenvalue weighted by Gasteiger charge is -1.96. The fourth-order valence-electron chi connectivity index (χ4n) is 1.68. The summed E-state index contributed by atoms with van der Waals surface area (Å²) in [6.07, 6.45) is 1.62. The van der Waals surface area contributed by atoms with Crippen LogP contribution in [0.25, 0.3) is 11.5 Å². The average Bonchev–Trinajstić information content (AvgIpc) is 2.95. The topological polar surface area (TPSA) is 77.8 Å². The van der Waals surface area contributed by atoms with Gasteiger partial charge in [0.05, 0.1) is 5.75 Å². The zero-order chi connectivity index (χ0) is 13.8. The van der Waals surface area contributed by atoms with Gasteiger partial charge in [0.15, 0.2) is 5.82 Å². The van der Waals surface area contributed by atoms with Gasteiger partial charge in [0.2, 0.25) is 0 Å². The van der Waals surface area contributed by atoms with Crippen LogP contribution in [0, 0.1) is 0 Å². The van der Waals surface area contributed by atoms with Crippen LogP contribution in [0.4, 0.5) is 5.82 Å². The summed E-state index contributed by atoms with van der Waals surface area (Å²) in [5, 5.41) is 3.97. The molecule has 1 aromatic carbocycles. The largest absolute Gasteiger partial charge is 0.384 e. The highest BCUT2D eigenvalue weighted by Gasteiger charge is 2.09. The standard InChI is InChI=1S/C14H12N4OS/c15-12-8-10(6-7-16-12)14-17-13(18-19-14)9-20-11-4-2-1-3-5-11/h1-8H,9H2,(H2,15,16). The number of nitrogens with zero attached hydrogens (tertiary/aromatic N) is 3. The van der Waals surface area contributed by atoms with Gasteiger partial charge in [0.25, 0.3) is 5.89 Å². The molecule has 0 aliphatic rings. The van der Waals surface area contributed by atoms with Gasteiger partial charge in [-0.1, -0.05) is 23.4 Å². The molecule has 100 valence electrons. The molecule has 0 bridgehead atoms. The molecule has 0 radical (unpaired) electrons. The van der Waals surface area contributed by atoms with Crippen LogP contribution in [0.15, 0.2) is 58.1 Å². The van der Waals surface area contributed by atoms with E-state index in [4.69, 9.17) is 10.3 Å². The maximum absolute atomic E-state index is 5.63.